The van der Waals surface area contributed by atoms with Gasteiger partial charge in [-0.25, -0.2) is 0 Å². The molecule has 0 N–H and O–H groups in total. The van der Waals surface area contributed by atoms with Crippen LogP contribution in [0.4, 0.5) is 0 Å². The third kappa shape index (κ3) is 6.03. The third-order valence-corrected chi connectivity index (χ3v) is 7.52. The molecule has 3 aliphatic rings. The Kier molecular flexibility index (Phi) is 8.10. The zero-order chi connectivity index (χ0) is 20.8. The number of ketones is 1. The normalized spacial score (nSPS) is 27.1. The number of likely N-dealkylation sites (N-methyl/N-ethyl adjacent to an activating group) is 1. The Morgan fingerprint density at radius 2 is 1.34 bits per heavy atom. The van der Waals surface area contributed by atoms with Gasteiger partial charge in [0.2, 0.25) is 11.8 Å². The molecular weight excluding hydrogens is 366 g/mol. The van der Waals surface area contributed by atoms with E-state index in [1.54, 1.807) is 6.92 Å². The minimum atomic E-state index is 0.116. The van der Waals surface area contributed by atoms with Gasteiger partial charge in [0, 0.05) is 57.5 Å². The molecule has 6 nitrogen and oxygen atoms in total. The van der Waals surface area contributed by atoms with Crippen molar-refractivity contribution in [2.45, 2.75) is 65.2 Å². The number of piperazine rings is 1. The van der Waals surface area contributed by atoms with Gasteiger partial charge in [0.05, 0.1) is 0 Å². The molecule has 29 heavy (non-hydrogen) atoms. The summed E-state index contributed by atoms with van der Waals surface area (Å²) in [6, 6.07) is 0. The van der Waals surface area contributed by atoms with Crippen LogP contribution in [0.25, 0.3) is 0 Å². The Morgan fingerprint density at radius 3 is 1.90 bits per heavy atom. The number of carbonyl (C=O) groups is 3. The van der Waals surface area contributed by atoms with E-state index in [2.05, 4.69) is 11.8 Å². The van der Waals surface area contributed by atoms with Crippen molar-refractivity contribution in [3.8, 4) is 0 Å². The summed E-state index contributed by atoms with van der Waals surface area (Å²) in [6.07, 6.45) is 7.12. The van der Waals surface area contributed by atoms with Crippen molar-refractivity contribution in [3.05, 3.63) is 0 Å². The van der Waals surface area contributed by atoms with Gasteiger partial charge in [0.1, 0.15) is 5.78 Å². The first-order chi connectivity index (χ1) is 14.0. The van der Waals surface area contributed by atoms with Crippen LogP contribution in [0.15, 0.2) is 0 Å². The van der Waals surface area contributed by atoms with Crippen molar-refractivity contribution >= 4 is 17.6 Å². The number of nitrogens with zero attached hydrogens (tertiary/aromatic N) is 3. The molecule has 2 amide bonds. The minimum absolute atomic E-state index is 0.116. The number of hydrogen-bond acceptors (Lipinski definition) is 4. The lowest BCUT2D eigenvalue weighted by molar-refractivity contribution is -0.139. The predicted octanol–water partition coefficient (Wildman–Crippen LogP) is 2.56. The molecule has 1 saturated carbocycles. The topological polar surface area (TPSA) is 60.9 Å². The van der Waals surface area contributed by atoms with Gasteiger partial charge in [-0.1, -0.05) is 6.92 Å². The molecule has 0 unspecified atom stereocenters. The molecule has 2 aliphatic heterocycles. The lowest BCUT2D eigenvalue weighted by Crippen LogP contribution is -2.48. The smallest absolute Gasteiger partial charge is 0.225 e. The van der Waals surface area contributed by atoms with Gasteiger partial charge in [0.15, 0.2) is 0 Å². The second-order valence-corrected chi connectivity index (χ2v) is 9.28. The predicted molar refractivity (Wildman–Crippen MR) is 113 cm³/mol. The number of hydrogen-bond donors (Lipinski definition) is 0. The van der Waals surface area contributed by atoms with Crippen molar-refractivity contribution in [1.29, 1.82) is 0 Å². The van der Waals surface area contributed by atoms with Crippen molar-refractivity contribution in [2.24, 2.45) is 17.8 Å². The summed E-state index contributed by atoms with van der Waals surface area (Å²) in [5.41, 5.74) is 0. The van der Waals surface area contributed by atoms with Crippen LogP contribution in [0.2, 0.25) is 0 Å². The second-order valence-electron chi connectivity index (χ2n) is 9.28. The van der Waals surface area contributed by atoms with E-state index in [9.17, 15) is 14.4 Å². The summed E-state index contributed by atoms with van der Waals surface area (Å²) < 4.78 is 0. The molecule has 2 heterocycles. The molecular formula is C23H39N3O3. The van der Waals surface area contributed by atoms with E-state index in [-0.39, 0.29) is 17.6 Å². The summed E-state index contributed by atoms with van der Waals surface area (Å²) in [4.78, 5) is 43.3. The quantitative estimate of drug-likeness (QED) is 0.681. The van der Waals surface area contributed by atoms with E-state index < -0.39 is 0 Å². The van der Waals surface area contributed by atoms with Crippen molar-refractivity contribution in [1.82, 2.24) is 14.7 Å². The lowest BCUT2D eigenvalue weighted by Gasteiger charge is -2.37. The van der Waals surface area contributed by atoms with Crippen LogP contribution in [0, 0.1) is 17.8 Å². The Labute approximate surface area is 176 Å². The van der Waals surface area contributed by atoms with Gasteiger partial charge >= 0.3 is 0 Å². The fourth-order valence-electron chi connectivity index (χ4n) is 5.25. The average Bonchev–Trinajstić information content (AvgIpc) is 2.77. The molecule has 6 heteroatoms. The number of rotatable bonds is 6. The van der Waals surface area contributed by atoms with E-state index in [1.165, 1.54) is 0 Å². The molecule has 0 bridgehead atoms. The van der Waals surface area contributed by atoms with E-state index in [0.717, 1.165) is 90.8 Å². The van der Waals surface area contributed by atoms with Crippen LogP contribution in [0.3, 0.4) is 0 Å². The molecule has 0 radical (unpaired) electrons. The van der Waals surface area contributed by atoms with Crippen molar-refractivity contribution in [2.75, 3.05) is 45.8 Å². The fourth-order valence-corrected chi connectivity index (χ4v) is 5.25. The molecule has 0 aromatic carbocycles. The Morgan fingerprint density at radius 1 is 0.759 bits per heavy atom. The molecule has 0 aromatic rings. The summed E-state index contributed by atoms with van der Waals surface area (Å²) in [5.74, 6) is 1.74. The Hall–Kier alpha value is -1.43. The van der Waals surface area contributed by atoms with Gasteiger partial charge in [-0.2, -0.15) is 0 Å². The van der Waals surface area contributed by atoms with Crippen molar-refractivity contribution < 1.29 is 14.4 Å². The number of carbonyl (C=O) groups excluding carboxylic acids is 3. The zero-order valence-electron chi connectivity index (χ0n) is 18.4. The third-order valence-electron chi connectivity index (χ3n) is 7.52. The fraction of sp³-hybridized carbons (Fsp3) is 0.870. The summed E-state index contributed by atoms with van der Waals surface area (Å²) >= 11 is 0. The van der Waals surface area contributed by atoms with E-state index in [0.29, 0.717) is 24.2 Å². The summed E-state index contributed by atoms with van der Waals surface area (Å²) in [6.45, 7) is 10.3. The molecule has 0 spiro atoms. The summed E-state index contributed by atoms with van der Waals surface area (Å²) in [5, 5.41) is 0. The van der Waals surface area contributed by atoms with Crippen LogP contribution in [-0.2, 0) is 14.4 Å². The highest BCUT2D eigenvalue weighted by Crippen LogP contribution is 2.32. The van der Waals surface area contributed by atoms with E-state index in [1.807, 2.05) is 9.80 Å². The molecule has 2 saturated heterocycles. The molecule has 164 valence electrons. The van der Waals surface area contributed by atoms with Gasteiger partial charge in [-0.15, -0.1) is 0 Å². The number of Topliss-reactive ketones (excluding diaryl/α,β-unsaturated/α-hetero) is 1. The Bertz CT molecular complexity index is 570. The van der Waals surface area contributed by atoms with Gasteiger partial charge in [-0.3, -0.25) is 14.4 Å². The second kappa shape index (κ2) is 10.6. The number of amides is 2. The monoisotopic (exact) mass is 405 g/mol. The first kappa shape index (κ1) is 22.3. The highest BCUT2D eigenvalue weighted by molar-refractivity contribution is 5.81. The minimum Gasteiger partial charge on any atom is -0.342 e. The molecule has 0 atom stereocenters. The van der Waals surface area contributed by atoms with Gasteiger partial charge < -0.3 is 14.7 Å². The highest BCUT2D eigenvalue weighted by atomic mass is 16.2. The van der Waals surface area contributed by atoms with E-state index >= 15 is 0 Å². The van der Waals surface area contributed by atoms with Crippen LogP contribution in [-0.4, -0.2) is 78.1 Å². The largest absolute Gasteiger partial charge is 0.342 e. The highest BCUT2D eigenvalue weighted by Gasteiger charge is 2.32. The van der Waals surface area contributed by atoms with Gasteiger partial charge in [0.25, 0.3) is 0 Å². The molecule has 3 fully saturated rings. The maximum Gasteiger partial charge on any atom is 0.225 e. The first-order valence-electron chi connectivity index (χ1n) is 11.8. The van der Waals surface area contributed by atoms with Crippen LogP contribution >= 0.6 is 0 Å². The SMILES string of the molecule is CCN1CCN(C(=O)CCC2CCN(C(=O)C3CCC(C(C)=O)CC3)CC2)CC1. The van der Waals surface area contributed by atoms with Crippen LogP contribution in [0.1, 0.15) is 65.2 Å². The maximum atomic E-state index is 12.8. The maximum absolute atomic E-state index is 12.8. The zero-order valence-corrected chi connectivity index (χ0v) is 18.4. The molecule has 3 rings (SSSR count). The van der Waals surface area contributed by atoms with Gasteiger partial charge in [-0.05, 0) is 64.3 Å². The Balaban J connectivity index is 1.34. The average molecular weight is 406 g/mol. The standard InChI is InChI=1S/C23H39N3O3/c1-3-24-14-16-25(17-15-24)22(28)9-4-19-10-12-26(13-11-19)23(29)21-7-5-20(6-8-21)18(2)27/h19-21H,3-17H2,1-2H3. The van der Waals surface area contributed by atoms with Crippen molar-refractivity contribution in [3.63, 3.8) is 0 Å². The molecule has 0 aromatic heterocycles. The summed E-state index contributed by atoms with van der Waals surface area (Å²) in [7, 11) is 0. The van der Waals surface area contributed by atoms with E-state index in [4.69, 9.17) is 0 Å². The molecule has 1 aliphatic carbocycles. The first-order valence-corrected chi connectivity index (χ1v) is 11.8. The van der Waals surface area contributed by atoms with Crippen LogP contribution in [0.5, 0.6) is 0 Å². The van der Waals surface area contributed by atoms with Crippen LogP contribution < -0.4 is 0 Å². The number of piperidine rings is 1. The number of likely N-dealkylation sites (tertiary alicyclic amines) is 1. The lowest BCUT2D eigenvalue weighted by atomic mass is 9.79.